The van der Waals surface area contributed by atoms with E-state index in [0.717, 1.165) is 25.8 Å². The second kappa shape index (κ2) is 5.74. The Bertz CT molecular complexity index is 452. The third kappa shape index (κ3) is 2.98. The molecule has 3 nitrogen and oxygen atoms in total. The van der Waals surface area contributed by atoms with Gasteiger partial charge in [-0.3, -0.25) is 4.79 Å². The fourth-order valence-corrected chi connectivity index (χ4v) is 3.32. The SMILES string of the molecule is O=C(CC1NCCc2ccccc21)NC1CCCC1. The molecule has 1 atom stereocenters. The quantitative estimate of drug-likeness (QED) is 0.873. The number of carbonyl (C=O) groups excluding carboxylic acids is 1. The number of benzene rings is 1. The summed E-state index contributed by atoms with van der Waals surface area (Å²) in [6.45, 7) is 0.971. The smallest absolute Gasteiger partial charge is 0.222 e. The van der Waals surface area contributed by atoms with E-state index in [1.807, 2.05) is 0 Å². The van der Waals surface area contributed by atoms with Crippen molar-refractivity contribution in [2.24, 2.45) is 0 Å². The summed E-state index contributed by atoms with van der Waals surface area (Å²) in [5.41, 5.74) is 2.69. The van der Waals surface area contributed by atoms with Gasteiger partial charge in [0.2, 0.25) is 5.91 Å². The van der Waals surface area contributed by atoms with Crippen LogP contribution in [-0.2, 0) is 11.2 Å². The second-order valence-corrected chi connectivity index (χ2v) is 5.71. The van der Waals surface area contributed by atoms with Gasteiger partial charge in [0.05, 0.1) is 0 Å². The first-order chi connectivity index (χ1) is 9.33. The molecule has 102 valence electrons. The molecule has 0 spiro atoms. The molecule has 0 aromatic heterocycles. The van der Waals surface area contributed by atoms with Crippen molar-refractivity contribution < 1.29 is 4.79 Å². The summed E-state index contributed by atoms with van der Waals surface area (Å²) in [6, 6.07) is 9.08. The number of carbonyl (C=O) groups is 1. The monoisotopic (exact) mass is 258 g/mol. The number of hydrogen-bond donors (Lipinski definition) is 2. The third-order valence-electron chi connectivity index (χ3n) is 4.33. The van der Waals surface area contributed by atoms with Crippen molar-refractivity contribution in [2.75, 3.05) is 6.54 Å². The van der Waals surface area contributed by atoms with Gasteiger partial charge in [0.15, 0.2) is 0 Å². The van der Waals surface area contributed by atoms with Crippen LogP contribution in [0, 0.1) is 0 Å². The summed E-state index contributed by atoms with van der Waals surface area (Å²) in [5.74, 6) is 0.195. The molecule has 3 heteroatoms. The number of fused-ring (bicyclic) bond motifs is 1. The highest BCUT2D eigenvalue weighted by Crippen LogP contribution is 2.25. The first-order valence-corrected chi connectivity index (χ1v) is 7.43. The number of rotatable bonds is 3. The average Bonchev–Trinajstić information content (AvgIpc) is 2.92. The lowest BCUT2D eigenvalue weighted by Gasteiger charge is -2.27. The zero-order valence-corrected chi connectivity index (χ0v) is 11.3. The summed E-state index contributed by atoms with van der Waals surface area (Å²) in [4.78, 5) is 12.1. The number of nitrogens with one attached hydrogen (secondary N) is 2. The van der Waals surface area contributed by atoms with Crippen LogP contribution in [0.2, 0.25) is 0 Å². The van der Waals surface area contributed by atoms with Crippen LogP contribution in [-0.4, -0.2) is 18.5 Å². The molecule has 1 saturated carbocycles. The molecule has 0 saturated heterocycles. The van der Waals surface area contributed by atoms with Crippen molar-refractivity contribution in [3.05, 3.63) is 35.4 Å². The van der Waals surface area contributed by atoms with Gasteiger partial charge in [-0.15, -0.1) is 0 Å². The molecule has 1 heterocycles. The molecule has 0 bridgehead atoms. The highest BCUT2D eigenvalue weighted by Gasteiger charge is 2.23. The molecule has 2 N–H and O–H groups in total. The van der Waals surface area contributed by atoms with Gasteiger partial charge in [0.25, 0.3) is 0 Å². The van der Waals surface area contributed by atoms with Gasteiger partial charge >= 0.3 is 0 Å². The summed E-state index contributed by atoms with van der Waals surface area (Å²) in [5, 5.41) is 6.65. The van der Waals surface area contributed by atoms with Gasteiger partial charge in [0, 0.05) is 18.5 Å². The van der Waals surface area contributed by atoms with Gasteiger partial charge < -0.3 is 10.6 Å². The third-order valence-corrected chi connectivity index (χ3v) is 4.33. The Hall–Kier alpha value is -1.35. The maximum absolute atomic E-state index is 12.1. The Morgan fingerprint density at radius 1 is 1.26 bits per heavy atom. The minimum atomic E-state index is 0.186. The van der Waals surface area contributed by atoms with E-state index in [-0.39, 0.29) is 11.9 Å². The lowest BCUT2D eigenvalue weighted by Crippen LogP contribution is -2.37. The van der Waals surface area contributed by atoms with E-state index in [0.29, 0.717) is 12.5 Å². The Kier molecular flexibility index (Phi) is 3.83. The Balaban J connectivity index is 1.62. The summed E-state index contributed by atoms with van der Waals surface area (Å²) in [6.07, 6.45) is 6.45. The zero-order valence-electron chi connectivity index (χ0n) is 11.3. The van der Waals surface area contributed by atoms with Crippen LogP contribution in [0.5, 0.6) is 0 Å². The first kappa shape index (κ1) is 12.7. The summed E-state index contributed by atoms with van der Waals surface area (Å²) in [7, 11) is 0. The molecule has 1 fully saturated rings. The fraction of sp³-hybridized carbons (Fsp3) is 0.562. The van der Waals surface area contributed by atoms with Gasteiger partial charge in [0.1, 0.15) is 0 Å². The molecule has 0 radical (unpaired) electrons. The van der Waals surface area contributed by atoms with Crippen LogP contribution in [0.25, 0.3) is 0 Å². The maximum atomic E-state index is 12.1. The molecule has 1 aromatic rings. The molecule has 2 aliphatic rings. The van der Waals surface area contributed by atoms with Crippen molar-refractivity contribution in [3.8, 4) is 0 Å². The fourth-order valence-electron chi connectivity index (χ4n) is 3.32. The Morgan fingerprint density at radius 3 is 2.89 bits per heavy atom. The van der Waals surface area contributed by atoms with Gasteiger partial charge in [-0.25, -0.2) is 0 Å². The predicted octanol–water partition coefficient (Wildman–Crippen LogP) is 2.32. The minimum absolute atomic E-state index is 0.186. The van der Waals surface area contributed by atoms with Gasteiger partial charge in [-0.1, -0.05) is 37.1 Å². The highest BCUT2D eigenvalue weighted by atomic mass is 16.1. The summed E-state index contributed by atoms with van der Waals surface area (Å²) >= 11 is 0. The topological polar surface area (TPSA) is 41.1 Å². The molecule has 3 rings (SSSR count). The molecule has 1 aliphatic carbocycles. The van der Waals surface area contributed by atoms with Crippen molar-refractivity contribution in [1.82, 2.24) is 10.6 Å². The van der Waals surface area contributed by atoms with Crippen LogP contribution < -0.4 is 10.6 Å². The van der Waals surface area contributed by atoms with Crippen molar-refractivity contribution in [2.45, 2.75) is 50.6 Å². The molecule has 1 aromatic carbocycles. The van der Waals surface area contributed by atoms with E-state index >= 15 is 0 Å². The maximum Gasteiger partial charge on any atom is 0.222 e. The molecule has 1 unspecified atom stereocenters. The lowest BCUT2D eigenvalue weighted by atomic mass is 9.92. The largest absolute Gasteiger partial charge is 0.353 e. The normalized spacial score (nSPS) is 23.1. The molecular weight excluding hydrogens is 236 g/mol. The molecule has 19 heavy (non-hydrogen) atoms. The standard InChI is InChI=1S/C16H22N2O/c19-16(18-13-6-2-3-7-13)11-15-14-8-4-1-5-12(14)9-10-17-15/h1,4-5,8,13,15,17H,2-3,6-7,9-11H2,(H,18,19). The Morgan fingerprint density at radius 2 is 2.05 bits per heavy atom. The van der Waals surface area contributed by atoms with Crippen LogP contribution >= 0.6 is 0 Å². The number of hydrogen-bond acceptors (Lipinski definition) is 2. The zero-order chi connectivity index (χ0) is 13.1. The van der Waals surface area contributed by atoms with E-state index in [1.165, 1.54) is 24.0 Å². The Labute approximate surface area is 114 Å². The second-order valence-electron chi connectivity index (χ2n) is 5.71. The van der Waals surface area contributed by atoms with Crippen molar-refractivity contribution >= 4 is 5.91 Å². The lowest BCUT2D eigenvalue weighted by molar-refractivity contribution is -0.122. The van der Waals surface area contributed by atoms with Gasteiger partial charge in [-0.05, 0) is 36.9 Å². The minimum Gasteiger partial charge on any atom is -0.353 e. The summed E-state index contributed by atoms with van der Waals surface area (Å²) < 4.78 is 0. The van der Waals surface area contributed by atoms with E-state index in [2.05, 4.69) is 34.9 Å². The highest BCUT2D eigenvalue weighted by molar-refractivity contribution is 5.77. The van der Waals surface area contributed by atoms with Gasteiger partial charge in [-0.2, -0.15) is 0 Å². The van der Waals surface area contributed by atoms with Crippen LogP contribution in [0.15, 0.2) is 24.3 Å². The average molecular weight is 258 g/mol. The van der Waals surface area contributed by atoms with E-state index < -0.39 is 0 Å². The van der Waals surface area contributed by atoms with Crippen LogP contribution in [0.3, 0.4) is 0 Å². The van der Waals surface area contributed by atoms with Crippen molar-refractivity contribution in [3.63, 3.8) is 0 Å². The van der Waals surface area contributed by atoms with Crippen molar-refractivity contribution in [1.29, 1.82) is 0 Å². The first-order valence-electron chi connectivity index (χ1n) is 7.43. The number of amides is 1. The molecule has 1 amide bonds. The van der Waals surface area contributed by atoms with E-state index in [4.69, 9.17) is 0 Å². The van der Waals surface area contributed by atoms with E-state index in [1.54, 1.807) is 0 Å². The molecular formula is C16H22N2O. The molecule has 1 aliphatic heterocycles. The predicted molar refractivity (Wildman–Crippen MR) is 75.9 cm³/mol. The van der Waals surface area contributed by atoms with E-state index in [9.17, 15) is 4.79 Å². The van der Waals surface area contributed by atoms with Crippen LogP contribution in [0.1, 0.15) is 49.3 Å². The van der Waals surface area contributed by atoms with Crippen LogP contribution in [0.4, 0.5) is 0 Å².